The number of rotatable bonds is 3. The Hall–Kier alpha value is -1.62. The molecule has 0 aliphatic rings. The number of phenolic OH excluding ortho intramolecular Hbond substituents is 1. The van der Waals surface area contributed by atoms with Crippen molar-refractivity contribution in [3.05, 3.63) is 29.6 Å². The van der Waals surface area contributed by atoms with E-state index in [1.54, 1.807) is 0 Å². The van der Waals surface area contributed by atoms with Crippen LogP contribution >= 0.6 is 0 Å². The van der Waals surface area contributed by atoms with Crippen LogP contribution in [0.25, 0.3) is 0 Å². The Morgan fingerprint density at radius 3 is 2.80 bits per heavy atom. The van der Waals surface area contributed by atoms with Crippen molar-refractivity contribution in [3.63, 3.8) is 0 Å². The lowest BCUT2D eigenvalue weighted by Gasteiger charge is -2.07. The Morgan fingerprint density at radius 1 is 1.60 bits per heavy atom. The molecule has 0 bridgehead atoms. The average molecular weight is 213 g/mol. The second-order valence-electron chi connectivity index (χ2n) is 3.22. The van der Waals surface area contributed by atoms with E-state index < -0.39 is 17.8 Å². The van der Waals surface area contributed by atoms with Gasteiger partial charge in [-0.1, -0.05) is 0 Å². The first-order chi connectivity index (χ1) is 7.00. The molecule has 1 atom stereocenters. The van der Waals surface area contributed by atoms with Crippen molar-refractivity contribution in [2.24, 2.45) is 0 Å². The fraction of sp³-hybridized carbons (Fsp3) is 0.300. The molecule has 82 valence electrons. The molecule has 1 rings (SSSR count). The molecule has 1 aromatic carbocycles. The third kappa shape index (κ3) is 3.21. The highest BCUT2D eigenvalue weighted by Crippen LogP contribution is 2.14. The zero-order valence-corrected chi connectivity index (χ0v) is 8.20. The van der Waals surface area contributed by atoms with Crippen LogP contribution < -0.4 is 5.32 Å². The third-order valence-corrected chi connectivity index (χ3v) is 1.76. The quantitative estimate of drug-likeness (QED) is 0.690. The van der Waals surface area contributed by atoms with Crippen molar-refractivity contribution < 1.29 is 19.4 Å². The largest absolute Gasteiger partial charge is 0.508 e. The molecule has 0 aliphatic heterocycles. The zero-order valence-electron chi connectivity index (χ0n) is 8.20. The van der Waals surface area contributed by atoms with Gasteiger partial charge in [0.05, 0.1) is 11.7 Å². The maximum atomic E-state index is 13.1. The number of amides is 1. The number of aliphatic hydroxyl groups is 1. The third-order valence-electron chi connectivity index (χ3n) is 1.76. The summed E-state index contributed by atoms with van der Waals surface area (Å²) in [6.07, 6.45) is -0.686. The van der Waals surface area contributed by atoms with Crippen LogP contribution in [-0.4, -0.2) is 28.8 Å². The van der Waals surface area contributed by atoms with Crippen LogP contribution in [0.2, 0.25) is 0 Å². The number of aliphatic hydroxyl groups excluding tert-OH is 1. The predicted molar refractivity (Wildman–Crippen MR) is 52.1 cm³/mol. The van der Waals surface area contributed by atoms with E-state index in [2.05, 4.69) is 5.32 Å². The normalized spacial score (nSPS) is 12.2. The molecule has 0 saturated heterocycles. The zero-order chi connectivity index (χ0) is 11.4. The maximum Gasteiger partial charge on any atom is 0.254 e. The van der Waals surface area contributed by atoms with Crippen LogP contribution in [0, 0.1) is 5.82 Å². The summed E-state index contributed by atoms with van der Waals surface area (Å²) in [5, 5.41) is 20.2. The Labute approximate surface area is 86.4 Å². The van der Waals surface area contributed by atoms with Gasteiger partial charge >= 0.3 is 0 Å². The number of nitrogens with one attached hydrogen (secondary N) is 1. The summed E-state index contributed by atoms with van der Waals surface area (Å²) in [6, 6.07) is 3.26. The van der Waals surface area contributed by atoms with Crippen molar-refractivity contribution in [2.75, 3.05) is 6.54 Å². The van der Waals surface area contributed by atoms with E-state index in [9.17, 15) is 9.18 Å². The second-order valence-corrected chi connectivity index (χ2v) is 3.22. The molecular weight excluding hydrogens is 201 g/mol. The van der Waals surface area contributed by atoms with Gasteiger partial charge in [0.25, 0.3) is 5.91 Å². The number of benzene rings is 1. The van der Waals surface area contributed by atoms with Gasteiger partial charge < -0.3 is 15.5 Å². The van der Waals surface area contributed by atoms with E-state index >= 15 is 0 Å². The summed E-state index contributed by atoms with van der Waals surface area (Å²) in [5.41, 5.74) is -0.159. The highest BCUT2D eigenvalue weighted by Gasteiger charge is 2.12. The average Bonchev–Trinajstić information content (AvgIpc) is 2.14. The molecule has 0 heterocycles. The van der Waals surface area contributed by atoms with E-state index in [0.717, 1.165) is 6.07 Å². The lowest BCUT2D eigenvalue weighted by Crippen LogP contribution is -2.31. The van der Waals surface area contributed by atoms with Crippen molar-refractivity contribution in [1.82, 2.24) is 5.32 Å². The Morgan fingerprint density at radius 2 is 2.27 bits per heavy atom. The summed E-state index contributed by atoms with van der Waals surface area (Å²) in [4.78, 5) is 11.3. The predicted octanol–water partition coefficient (Wildman–Crippen LogP) is 0.642. The number of carbonyl (C=O) groups is 1. The Balaban J connectivity index is 2.74. The second kappa shape index (κ2) is 4.75. The number of phenols is 1. The first kappa shape index (κ1) is 11.5. The van der Waals surface area contributed by atoms with Crippen LogP contribution in [0.5, 0.6) is 5.75 Å². The van der Waals surface area contributed by atoms with Crippen molar-refractivity contribution in [3.8, 4) is 5.75 Å². The van der Waals surface area contributed by atoms with Crippen LogP contribution in [-0.2, 0) is 0 Å². The molecule has 3 N–H and O–H groups in total. The molecule has 1 amide bonds. The number of carbonyl (C=O) groups excluding carboxylic acids is 1. The minimum absolute atomic E-state index is 0.0547. The van der Waals surface area contributed by atoms with Gasteiger partial charge in [-0.2, -0.15) is 0 Å². The van der Waals surface area contributed by atoms with Gasteiger partial charge in [0.15, 0.2) is 0 Å². The molecule has 0 unspecified atom stereocenters. The van der Waals surface area contributed by atoms with Crippen molar-refractivity contribution in [2.45, 2.75) is 13.0 Å². The van der Waals surface area contributed by atoms with Gasteiger partial charge in [-0.15, -0.1) is 0 Å². The molecule has 0 aromatic heterocycles. The summed E-state index contributed by atoms with van der Waals surface area (Å²) >= 11 is 0. The number of hydrogen-bond acceptors (Lipinski definition) is 3. The van der Waals surface area contributed by atoms with E-state index in [1.165, 1.54) is 19.1 Å². The fourth-order valence-electron chi connectivity index (χ4n) is 1.02. The summed E-state index contributed by atoms with van der Waals surface area (Å²) in [7, 11) is 0. The lowest BCUT2D eigenvalue weighted by atomic mass is 10.2. The van der Waals surface area contributed by atoms with Crippen molar-refractivity contribution >= 4 is 5.91 Å². The number of aromatic hydroxyl groups is 1. The van der Waals surface area contributed by atoms with E-state index in [4.69, 9.17) is 10.2 Å². The fourth-order valence-corrected chi connectivity index (χ4v) is 1.02. The molecule has 1 aromatic rings. The van der Waals surface area contributed by atoms with Crippen LogP contribution in [0.1, 0.15) is 17.3 Å². The monoisotopic (exact) mass is 213 g/mol. The van der Waals surface area contributed by atoms with Gasteiger partial charge in [-0.25, -0.2) is 4.39 Å². The molecule has 0 spiro atoms. The first-order valence-corrected chi connectivity index (χ1v) is 4.45. The molecule has 5 heteroatoms. The van der Waals surface area contributed by atoms with E-state index in [0.29, 0.717) is 0 Å². The molecular formula is C10H12FNO3. The van der Waals surface area contributed by atoms with Crippen LogP contribution in [0.4, 0.5) is 4.39 Å². The van der Waals surface area contributed by atoms with Gasteiger partial charge in [0.1, 0.15) is 11.6 Å². The van der Waals surface area contributed by atoms with Gasteiger partial charge in [0.2, 0.25) is 0 Å². The van der Waals surface area contributed by atoms with Gasteiger partial charge in [-0.3, -0.25) is 4.79 Å². The SMILES string of the molecule is C[C@H](O)CNC(=O)c1ccc(O)cc1F. The van der Waals surface area contributed by atoms with Gasteiger partial charge in [-0.05, 0) is 19.1 Å². The molecule has 4 nitrogen and oxygen atoms in total. The molecule has 0 aliphatic carbocycles. The molecule has 0 saturated carbocycles. The lowest BCUT2D eigenvalue weighted by molar-refractivity contribution is 0.0920. The minimum Gasteiger partial charge on any atom is -0.508 e. The Bertz CT molecular complexity index is 366. The van der Waals surface area contributed by atoms with Crippen LogP contribution in [0.3, 0.4) is 0 Å². The van der Waals surface area contributed by atoms with Gasteiger partial charge in [0, 0.05) is 12.6 Å². The molecule has 15 heavy (non-hydrogen) atoms. The minimum atomic E-state index is -0.793. The maximum absolute atomic E-state index is 13.1. The molecule has 0 radical (unpaired) electrons. The smallest absolute Gasteiger partial charge is 0.254 e. The summed E-state index contributed by atoms with van der Waals surface area (Å²) in [6.45, 7) is 1.56. The number of halogens is 1. The summed E-state index contributed by atoms with van der Waals surface area (Å²) in [5.74, 6) is -1.65. The Kier molecular flexibility index (Phi) is 3.62. The van der Waals surface area contributed by atoms with E-state index in [-0.39, 0.29) is 17.9 Å². The van der Waals surface area contributed by atoms with E-state index in [1.807, 2.05) is 0 Å². The van der Waals surface area contributed by atoms with Crippen molar-refractivity contribution in [1.29, 1.82) is 0 Å². The first-order valence-electron chi connectivity index (χ1n) is 4.45. The number of hydrogen-bond donors (Lipinski definition) is 3. The summed E-state index contributed by atoms with van der Waals surface area (Å²) < 4.78 is 13.1. The topological polar surface area (TPSA) is 69.6 Å². The highest BCUT2D eigenvalue weighted by molar-refractivity contribution is 5.94. The highest BCUT2D eigenvalue weighted by atomic mass is 19.1. The van der Waals surface area contributed by atoms with Crippen LogP contribution in [0.15, 0.2) is 18.2 Å². The molecule has 0 fully saturated rings. The standard InChI is InChI=1S/C10H12FNO3/c1-6(13)5-12-10(15)8-3-2-7(14)4-9(8)11/h2-4,6,13-14H,5H2,1H3,(H,12,15)/t6-/m0/s1.